The van der Waals surface area contributed by atoms with Gasteiger partial charge >= 0.3 is 5.97 Å². The summed E-state index contributed by atoms with van der Waals surface area (Å²) in [6, 6.07) is 8.46. The van der Waals surface area contributed by atoms with Crippen LogP contribution in [0.25, 0.3) is 11.4 Å². The number of benzene rings is 1. The van der Waals surface area contributed by atoms with Gasteiger partial charge in [-0.1, -0.05) is 0 Å². The van der Waals surface area contributed by atoms with Crippen LogP contribution in [0.3, 0.4) is 0 Å². The second-order valence-corrected chi connectivity index (χ2v) is 5.30. The third kappa shape index (κ3) is 3.41. The first kappa shape index (κ1) is 17.2. The predicted molar refractivity (Wildman–Crippen MR) is 94.0 cm³/mol. The van der Waals surface area contributed by atoms with E-state index in [4.69, 9.17) is 14.6 Å². The molecule has 3 aromatic rings. The molecule has 3 rings (SSSR count). The molecular formula is C17H17N5O4. The van der Waals surface area contributed by atoms with Crippen molar-refractivity contribution >= 4 is 17.6 Å². The molecule has 2 N–H and O–H groups in total. The molecule has 0 aliphatic heterocycles. The van der Waals surface area contributed by atoms with Gasteiger partial charge in [0.15, 0.2) is 11.5 Å². The summed E-state index contributed by atoms with van der Waals surface area (Å²) in [6.45, 7) is 0. The van der Waals surface area contributed by atoms with E-state index in [0.29, 0.717) is 34.5 Å². The van der Waals surface area contributed by atoms with Crippen LogP contribution in [0.5, 0.6) is 11.5 Å². The number of carboxylic acid groups (broad SMARTS) is 1. The fourth-order valence-corrected chi connectivity index (χ4v) is 2.40. The molecular weight excluding hydrogens is 338 g/mol. The minimum atomic E-state index is -1.05. The summed E-state index contributed by atoms with van der Waals surface area (Å²) in [4.78, 5) is 19.7. The summed E-state index contributed by atoms with van der Waals surface area (Å²) in [7, 11) is 4.69. The number of aromatic carboxylic acids is 1. The second kappa shape index (κ2) is 7.09. The summed E-state index contributed by atoms with van der Waals surface area (Å²) < 4.78 is 11.8. The van der Waals surface area contributed by atoms with Gasteiger partial charge in [-0.05, 0) is 18.2 Å². The number of anilines is 2. The Morgan fingerprint density at radius 3 is 2.54 bits per heavy atom. The van der Waals surface area contributed by atoms with E-state index in [1.54, 1.807) is 51.7 Å². The molecule has 9 heteroatoms. The van der Waals surface area contributed by atoms with Crippen molar-refractivity contribution in [3.63, 3.8) is 0 Å². The lowest BCUT2D eigenvalue weighted by Gasteiger charge is -2.10. The largest absolute Gasteiger partial charge is 0.493 e. The molecule has 0 atom stereocenters. The first-order chi connectivity index (χ1) is 12.5. The molecule has 2 heterocycles. The SMILES string of the molecule is COc1ccc(Nc2nccc(-c3cc(C(=O)O)n(C)n3)n2)cc1OC. The molecule has 0 aliphatic rings. The van der Waals surface area contributed by atoms with Gasteiger partial charge in [0.2, 0.25) is 5.95 Å². The quantitative estimate of drug-likeness (QED) is 0.693. The summed E-state index contributed by atoms with van der Waals surface area (Å²) in [5.41, 5.74) is 1.74. The highest BCUT2D eigenvalue weighted by molar-refractivity contribution is 5.87. The van der Waals surface area contributed by atoms with Crippen LogP contribution in [0.1, 0.15) is 10.5 Å². The number of nitrogens with one attached hydrogen (secondary N) is 1. The third-order valence-electron chi connectivity index (χ3n) is 3.66. The number of rotatable bonds is 6. The molecule has 0 saturated carbocycles. The molecule has 0 amide bonds. The summed E-state index contributed by atoms with van der Waals surface area (Å²) in [5.74, 6) is 0.480. The van der Waals surface area contributed by atoms with Crippen LogP contribution in [0.15, 0.2) is 36.5 Å². The van der Waals surface area contributed by atoms with E-state index in [9.17, 15) is 4.79 Å². The van der Waals surface area contributed by atoms with Crippen LogP contribution < -0.4 is 14.8 Å². The Bertz CT molecular complexity index is 954. The Labute approximate surface area is 149 Å². The highest BCUT2D eigenvalue weighted by Gasteiger charge is 2.14. The van der Waals surface area contributed by atoms with E-state index in [2.05, 4.69) is 20.4 Å². The molecule has 0 aliphatic carbocycles. The van der Waals surface area contributed by atoms with Crippen molar-refractivity contribution in [2.45, 2.75) is 0 Å². The second-order valence-electron chi connectivity index (χ2n) is 5.30. The number of hydrogen-bond donors (Lipinski definition) is 2. The molecule has 0 spiro atoms. The fourth-order valence-electron chi connectivity index (χ4n) is 2.40. The number of aromatic nitrogens is 4. The smallest absolute Gasteiger partial charge is 0.354 e. The zero-order chi connectivity index (χ0) is 18.7. The zero-order valence-electron chi connectivity index (χ0n) is 14.4. The number of ether oxygens (including phenoxy) is 2. The molecule has 0 unspecified atom stereocenters. The zero-order valence-corrected chi connectivity index (χ0v) is 14.4. The van der Waals surface area contributed by atoms with Gasteiger partial charge in [0.25, 0.3) is 0 Å². The van der Waals surface area contributed by atoms with Crippen LogP contribution in [0.2, 0.25) is 0 Å². The Hall–Kier alpha value is -3.62. The number of nitrogens with zero attached hydrogens (tertiary/aromatic N) is 4. The van der Waals surface area contributed by atoms with E-state index >= 15 is 0 Å². The fraction of sp³-hybridized carbons (Fsp3) is 0.176. The molecule has 0 fully saturated rings. The number of carbonyl (C=O) groups is 1. The average molecular weight is 355 g/mol. The van der Waals surface area contributed by atoms with Crippen LogP contribution in [-0.2, 0) is 7.05 Å². The highest BCUT2D eigenvalue weighted by Crippen LogP contribution is 2.30. The summed E-state index contributed by atoms with van der Waals surface area (Å²) in [6.07, 6.45) is 1.57. The molecule has 0 radical (unpaired) electrons. The van der Waals surface area contributed by atoms with Crippen molar-refractivity contribution in [3.8, 4) is 22.9 Å². The van der Waals surface area contributed by atoms with Crippen LogP contribution in [-0.4, -0.2) is 45.0 Å². The third-order valence-corrected chi connectivity index (χ3v) is 3.66. The number of methoxy groups -OCH3 is 2. The minimum Gasteiger partial charge on any atom is -0.493 e. The first-order valence-electron chi connectivity index (χ1n) is 7.61. The maximum atomic E-state index is 11.2. The molecule has 2 aromatic heterocycles. The molecule has 0 saturated heterocycles. The van der Waals surface area contributed by atoms with Crippen molar-refractivity contribution in [1.82, 2.24) is 19.7 Å². The van der Waals surface area contributed by atoms with Gasteiger partial charge in [-0.15, -0.1) is 0 Å². The van der Waals surface area contributed by atoms with Crippen LogP contribution >= 0.6 is 0 Å². The van der Waals surface area contributed by atoms with Gasteiger partial charge in [0.1, 0.15) is 11.4 Å². The lowest BCUT2D eigenvalue weighted by atomic mass is 10.2. The predicted octanol–water partition coefficient (Wildman–Crippen LogP) is 2.34. The summed E-state index contributed by atoms with van der Waals surface area (Å²) in [5, 5.41) is 16.4. The Morgan fingerprint density at radius 1 is 1.12 bits per heavy atom. The number of aryl methyl sites for hydroxylation is 1. The first-order valence-corrected chi connectivity index (χ1v) is 7.61. The maximum absolute atomic E-state index is 11.2. The molecule has 26 heavy (non-hydrogen) atoms. The van der Waals surface area contributed by atoms with Gasteiger partial charge in [0, 0.05) is 31.1 Å². The van der Waals surface area contributed by atoms with Crippen molar-refractivity contribution in [2.24, 2.45) is 7.05 Å². The van der Waals surface area contributed by atoms with Crippen molar-refractivity contribution < 1.29 is 19.4 Å². The lowest BCUT2D eigenvalue weighted by molar-refractivity contribution is 0.0685. The minimum absolute atomic E-state index is 0.0769. The highest BCUT2D eigenvalue weighted by atomic mass is 16.5. The standard InChI is InChI=1S/C17H17N5O4/c1-22-13(16(23)24)9-12(21-22)11-6-7-18-17(20-11)19-10-4-5-14(25-2)15(8-10)26-3/h4-9H,1-3H3,(H,23,24)(H,18,19,20). The topological polar surface area (TPSA) is 111 Å². The molecule has 134 valence electrons. The van der Waals surface area contributed by atoms with Gasteiger partial charge in [-0.2, -0.15) is 5.10 Å². The number of hydrogen-bond acceptors (Lipinski definition) is 7. The van der Waals surface area contributed by atoms with Crippen LogP contribution in [0, 0.1) is 0 Å². The maximum Gasteiger partial charge on any atom is 0.354 e. The van der Waals surface area contributed by atoms with Gasteiger partial charge in [-0.25, -0.2) is 14.8 Å². The Morgan fingerprint density at radius 2 is 1.88 bits per heavy atom. The van der Waals surface area contributed by atoms with Crippen molar-refractivity contribution in [1.29, 1.82) is 0 Å². The number of carboxylic acids is 1. The van der Waals surface area contributed by atoms with Gasteiger partial charge in [0.05, 0.1) is 19.9 Å². The molecule has 1 aromatic carbocycles. The van der Waals surface area contributed by atoms with E-state index in [1.807, 2.05) is 0 Å². The molecule has 0 bridgehead atoms. The molecule has 9 nitrogen and oxygen atoms in total. The normalized spacial score (nSPS) is 10.4. The van der Waals surface area contributed by atoms with E-state index < -0.39 is 5.97 Å². The average Bonchev–Trinajstić information content (AvgIpc) is 3.04. The summed E-state index contributed by atoms with van der Waals surface area (Å²) >= 11 is 0. The van der Waals surface area contributed by atoms with Crippen LogP contribution in [0.4, 0.5) is 11.6 Å². The van der Waals surface area contributed by atoms with Gasteiger partial charge < -0.3 is 19.9 Å². The van der Waals surface area contributed by atoms with E-state index in [0.717, 1.165) is 0 Å². The van der Waals surface area contributed by atoms with Crippen molar-refractivity contribution in [2.75, 3.05) is 19.5 Å². The Kier molecular flexibility index (Phi) is 4.70. The van der Waals surface area contributed by atoms with E-state index in [1.165, 1.54) is 10.7 Å². The van der Waals surface area contributed by atoms with Gasteiger partial charge in [-0.3, -0.25) is 4.68 Å². The van der Waals surface area contributed by atoms with E-state index in [-0.39, 0.29) is 5.69 Å². The Balaban J connectivity index is 1.88. The monoisotopic (exact) mass is 355 g/mol. The lowest BCUT2D eigenvalue weighted by Crippen LogP contribution is -2.04. The van der Waals surface area contributed by atoms with Crippen molar-refractivity contribution in [3.05, 3.63) is 42.2 Å².